The highest BCUT2D eigenvalue weighted by Crippen LogP contribution is 2.11. The molecular formula is C14H16N2O3. The van der Waals surface area contributed by atoms with Crippen LogP contribution in [0.2, 0.25) is 0 Å². The van der Waals surface area contributed by atoms with Gasteiger partial charge in [0.15, 0.2) is 5.78 Å². The summed E-state index contributed by atoms with van der Waals surface area (Å²) in [5.74, 6) is -0.394. The lowest BCUT2D eigenvalue weighted by Crippen LogP contribution is -2.37. The first-order valence-corrected chi connectivity index (χ1v) is 6.16. The van der Waals surface area contributed by atoms with Crippen LogP contribution in [-0.4, -0.2) is 47.2 Å². The maximum Gasteiger partial charge on any atom is 0.327 e. The molecule has 1 aromatic rings. The second-order valence-electron chi connectivity index (χ2n) is 4.66. The van der Waals surface area contributed by atoms with Gasteiger partial charge in [-0.25, -0.2) is 4.79 Å². The van der Waals surface area contributed by atoms with E-state index in [0.717, 1.165) is 10.5 Å². The van der Waals surface area contributed by atoms with E-state index in [1.54, 1.807) is 12.1 Å². The summed E-state index contributed by atoms with van der Waals surface area (Å²) in [6, 6.07) is 6.84. The van der Waals surface area contributed by atoms with Gasteiger partial charge in [0.2, 0.25) is 5.91 Å². The Bertz CT molecular complexity index is 522. The topological polar surface area (TPSA) is 57.7 Å². The Morgan fingerprint density at radius 2 is 1.79 bits per heavy atom. The average molecular weight is 260 g/mol. The summed E-state index contributed by atoms with van der Waals surface area (Å²) >= 11 is 0. The van der Waals surface area contributed by atoms with Gasteiger partial charge in [0.25, 0.3) is 0 Å². The highest BCUT2D eigenvalue weighted by Gasteiger charge is 2.32. The summed E-state index contributed by atoms with van der Waals surface area (Å²) in [5.41, 5.74) is 1.66. The minimum Gasteiger partial charge on any atom is -0.315 e. The molecule has 1 heterocycles. The summed E-state index contributed by atoms with van der Waals surface area (Å²) in [5, 5.41) is 0. The molecule has 1 aliphatic rings. The Morgan fingerprint density at radius 3 is 2.32 bits per heavy atom. The van der Waals surface area contributed by atoms with Gasteiger partial charge in [0.05, 0.1) is 6.54 Å². The largest absolute Gasteiger partial charge is 0.327 e. The lowest BCUT2D eigenvalue weighted by Gasteiger charge is -2.15. The molecule has 0 radical (unpaired) electrons. The third-order valence-corrected chi connectivity index (χ3v) is 3.18. The van der Waals surface area contributed by atoms with Gasteiger partial charge in [-0.05, 0) is 6.92 Å². The van der Waals surface area contributed by atoms with Crippen molar-refractivity contribution in [3.63, 3.8) is 0 Å². The van der Waals surface area contributed by atoms with E-state index in [-0.39, 0.29) is 24.3 Å². The molecule has 0 aliphatic carbocycles. The Hall–Kier alpha value is -2.17. The highest BCUT2D eigenvalue weighted by atomic mass is 16.2. The second kappa shape index (κ2) is 5.22. The molecule has 0 unspecified atom stereocenters. The summed E-state index contributed by atoms with van der Waals surface area (Å²) in [6.45, 7) is 4.09. The van der Waals surface area contributed by atoms with Gasteiger partial charge in [-0.2, -0.15) is 0 Å². The Kier molecular flexibility index (Phi) is 3.64. The second-order valence-corrected chi connectivity index (χ2v) is 4.66. The zero-order valence-corrected chi connectivity index (χ0v) is 11.0. The van der Waals surface area contributed by atoms with E-state index in [1.807, 2.05) is 19.1 Å². The Morgan fingerprint density at radius 1 is 1.16 bits per heavy atom. The molecular weight excluding hydrogens is 244 g/mol. The van der Waals surface area contributed by atoms with Crippen LogP contribution in [0.25, 0.3) is 0 Å². The van der Waals surface area contributed by atoms with E-state index in [2.05, 4.69) is 0 Å². The quantitative estimate of drug-likeness (QED) is 0.773. The smallest absolute Gasteiger partial charge is 0.315 e. The first kappa shape index (κ1) is 13.3. The molecule has 5 heteroatoms. The zero-order valence-electron chi connectivity index (χ0n) is 11.0. The van der Waals surface area contributed by atoms with Crippen molar-refractivity contribution in [3.8, 4) is 0 Å². The number of aryl methyl sites for hydroxylation is 1. The molecule has 1 fully saturated rings. The van der Waals surface area contributed by atoms with Crippen molar-refractivity contribution in [2.45, 2.75) is 13.8 Å². The predicted molar refractivity (Wildman–Crippen MR) is 69.9 cm³/mol. The average Bonchev–Trinajstić information content (AvgIpc) is 2.72. The van der Waals surface area contributed by atoms with E-state index in [1.165, 1.54) is 11.8 Å². The third-order valence-electron chi connectivity index (χ3n) is 3.18. The number of Topliss-reactive ketones (excluding diaryl/α,β-unsaturated/α-hetero) is 1. The number of urea groups is 1. The fourth-order valence-corrected chi connectivity index (χ4v) is 2.03. The van der Waals surface area contributed by atoms with E-state index in [0.29, 0.717) is 18.7 Å². The fraction of sp³-hybridized carbons (Fsp3) is 0.357. The predicted octanol–water partition coefficient (Wildman–Crippen LogP) is 1.46. The first-order valence-electron chi connectivity index (χ1n) is 6.16. The number of rotatable bonds is 3. The molecule has 3 amide bonds. The fourth-order valence-electron chi connectivity index (χ4n) is 2.03. The van der Waals surface area contributed by atoms with Gasteiger partial charge >= 0.3 is 6.03 Å². The van der Waals surface area contributed by atoms with Gasteiger partial charge in [0, 0.05) is 25.6 Å². The van der Waals surface area contributed by atoms with Crippen LogP contribution >= 0.6 is 0 Å². The molecule has 2 rings (SSSR count). The summed E-state index contributed by atoms with van der Waals surface area (Å²) in [7, 11) is 0. The molecule has 19 heavy (non-hydrogen) atoms. The number of amides is 3. The number of ketones is 1. The van der Waals surface area contributed by atoms with E-state index in [4.69, 9.17) is 0 Å². The molecule has 0 aromatic heterocycles. The van der Waals surface area contributed by atoms with Crippen molar-refractivity contribution in [2.75, 3.05) is 19.6 Å². The molecule has 5 nitrogen and oxygen atoms in total. The summed E-state index contributed by atoms with van der Waals surface area (Å²) < 4.78 is 0. The zero-order chi connectivity index (χ0) is 14.0. The van der Waals surface area contributed by atoms with Crippen molar-refractivity contribution in [3.05, 3.63) is 35.4 Å². The Balaban J connectivity index is 2.02. The number of carbonyl (C=O) groups excluding carboxylic acids is 3. The van der Waals surface area contributed by atoms with E-state index in [9.17, 15) is 14.4 Å². The number of benzene rings is 1. The third kappa shape index (κ3) is 2.81. The molecule has 0 bridgehead atoms. The Labute approximate surface area is 111 Å². The van der Waals surface area contributed by atoms with Crippen LogP contribution in [0.4, 0.5) is 4.79 Å². The van der Waals surface area contributed by atoms with Crippen LogP contribution in [0.3, 0.4) is 0 Å². The van der Waals surface area contributed by atoms with E-state index < -0.39 is 0 Å². The standard InChI is InChI=1S/C14H16N2O3/c1-10-3-5-12(6-4-10)13(18)9-15-7-8-16(11(2)17)14(15)19/h3-6H,7-9H2,1-2H3. The number of hydrogen-bond donors (Lipinski definition) is 0. The number of carbonyl (C=O) groups is 3. The van der Waals surface area contributed by atoms with Crippen LogP contribution in [0.15, 0.2) is 24.3 Å². The molecule has 1 aromatic carbocycles. The maximum absolute atomic E-state index is 12.0. The normalized spacial score (nSPS) is 14.9. The van der Waals surface area contributed by atoms with Gasteiger partial charge in [-0.1, -0.05) is 29.8 Å². The van der Waals surface area contributed by atoms with Crippen LogP contribution in [0, 0.1) is 6.92 Å². The van der Waals surface area contributed by atoms with Crippen LogP contribution in [0.1, 0.15) is 22.8 Å². The molecule has 0 atom stereocenters. The molecule has 0 N–H and O–H groups in total. The molecule has 0 spiro atoms. The van der Waals surface area contributed by atoms with Gasteiger partial charge in [-0.15, -0.1) is 0 Å². The minimum absolute atomic E-state index is 0.0195. The van der Waals surface area contributed by atoms with Crippen LogP contribution < -0.4 is 0 Å². The van der Waals surface area contributed by atoms with Crippen LogP contribution in [0.5, 0.6) is 0 Å². The first-order chi connectivity index (χ1) is 8.99. The van der Waals surface area contributed by atoms with Gasteiger partial charge in [0.1, 0.15) is 0 Å². The van der Waals surface area contributed by atoms with Crippen molar-refractivity contribution in [2.24, 2.45) is 0 Å². The lowest BCUT2D eigenvalue weighted by molar-refractivity contribution is -0.125. The molecule has 100 valence electrons. The van der Waals surface area contributed by atoms with Crippen molar-refractivity contribution in [1.29, 1.82) is 0 Å². The molecule has 1 saturated heterocycles. The number of imide groups is 1. The lowest BCUT2D eigenvalue weighted by atomic mass is 10.1. The molecule has 0 saturated carbocycles. The number of nitrogens with zero attached hydrogens (tertiary/aromatic N) is 2. The minimum atomic E-state index is -0.382. The van der Waals surface area contributed by atoms with Gasteiger partial charge < -0.3 is 4.90 Å². The van der Waals surface area contributed by atoms with Crippen molar-refractivity contribution < 1.29 is 14.4 Å². The summed E-state index contributed by atoms with van der Waals surface area (Å²) in [4.78, 5) is 37.6. The van der Waals surface area contributed by atoms with Crippen molar-refractivity contribution in [1.82, 2.24) is 9.80 Å². The van der Waals surface area contributed by atoms with Crippen LogP contribution in [-0.2, 0) is 4.79 Å². The monoisotopic (exact) mass is 260 g/mol. The van der Waals surface area contributed by atoms with E-state index >= 15 is 0 Å². The highest BCUT2D eigenvalue weighted by molar-refractivity contribution is 6.01. The van der Waals surface area contributed by atoms with Gasteiger partial charge in [-0.3, -0.25) is 14.5 Å². The maximum atomic E-state index is 12.0. The van der Waals surface area contributed by atoms with Crippen molar-refractivity contribution >= 4 is 17.7 Å². The number of hydrogen-bond acceptors (Lipinski definition) is 3. The SMILES string of the molecule is CC(=O)N1CCN(CC(=O)c2ccc(C)cc2)C1=O. The molecule has 1 aliphatic heterocycles. The summed E-state index contributed by atoms with van der Waals surface area (Å²) in [6.07, 6.45) is 0.